The van der Waals surface area contributed by atoms with Gasteiger partial charge in [-0.05, 0) is 38.8 Å². The smallest absolute Gasteiger partial charge is 0.254 e. The number of hydrogen-bond donors (Lipinski definition) is 1. The van der Waals surface area contributed by atoms with E-state index in [4.69, 9.17) is 0 Å². The van der Waals surface area contributed by atoms with Crippen molar-refractivity contribution in [1.82, 2.24) is 9.88 Å². The second-order valence-electron chi connectivity index (χ2n) is 6.16. The summed E-state index contributed by atoms with van der Waals surface area (Å²) in [6.07, 6.45) is 1.58. The average molecular weight is 284 g/mol. The number of β-amino-alcohol motifs (C(OH)–C–C–N with tert-alkyl or cyclic N) is 1. The monoisotopic (exact) mass is 284 g/mol. The molecule has 1 amide bonds. The minimum Gasteiger partial charge on any atom is -0.388 e. The van der Waals surface area contributed by atoms with Crippen LogP contribution in [0.3, 0.4) is 0 Å². The molecule has 0 bridgehead atoms. The number of pyridine rings is 1. The molecule has 1 aromatic carbocycles. The van der Waals surface area contributed by atoms with E-state index < -0.39 is 5.60 Å². The van der Waals surface area contributed by atoms with Crippen molar-refractivity contribution in [1.29, 1.82) is 0 Å². The normalized spacial score (nSPS) is 22.5. The van der Waals surface area contributed by atoms with E-state index in [0.29, 0.717) is 18.7 Å². The zero-order valence-corrected chi connectivity index (χ0v) is 12.5. The molecular weight excluding hydrogens is 264 g/mol. The predicted molar refractivity (Wildman–Crippen MR) is 82.2 cm³/mol. The van der Waals surface area contributed by atoms with Gasteiger partial charge < -0.3 is 10.0 Å². The lowest BCUT2D eigenvalue weighted by Crippen LogP contribution is -2.48. The van der Waals surface area contributed by atoms with Crippen LogP contribution in [0.4, 0.5) is 0 Å². The van der Waals surface area contributed by atoms with Crippen LogP contribution in [0.15, 0.2) is 30.3 Å². The zero-order valence-electron chi connectivity index (χ0n) is 12.5. The second kappa shape index (κ2) is 5.11. The Balaban J connectivity index is 2.02. The van der Waals surface area contributed by atoms with Crippen LogP contribution in [0.25, 0.3) is 10.9 Å². The molecule has 3 rings (SSSR count). The second-order valence-corrected chi connectivity index (χ2v) is 6.16. The van der Waals surface area contributed by atoms with Crippen molar-refractivity contribution in [3.63, 3.8) is 0 Å². The number of para-hydroxylation sites is 1. The molecule has 4 nitrogen and oxygen atoms in total. The summed E-state index contributed by atoms with van der Waals surface area (Å²) in [6.45, 7) is 4.78. The molecular formula is C17H20N2O2. The van der Waals surface area contributed by atoms with Gasteiger partial charge in [0.05, 0.1) is 16.7 Å². The van der Waals surface area contributed by atoms with Crippen LogP contribution in [0.2, 0.25) is 0 Å². The molecule has 21 heavy (non-hydrogen) atoms. The Labute approximate surface area is 124 Å². The van der Waals surface area contributed by atoms with Crippen molar-refractivity contribution < 1.29 is 9.90 Å². The summed E-state index contributed by atoms with van der Waals surface area (Å²) < 4.78 is 0. The highest BCUT2D eigenvalue weighted by Crippen LogP contribution is 2.25. The minimum absolute atomic E-state index is 0.0170. The van der Waals surface area contributed by atoms with Crippen LogP contribution in [0, 0.1) is 6.92 Å². The summed E-state index contributed by atoms with van der Waals surface area (Å²) in [7, 11) is 0. The lowest BCUT2D eigenvalue weighted by molar-refractivity contribution is -0.0106. The van der Waals surface area contributed by atoms with Crippen LogP contribution in [0.1, 0.15) is 35.8 Å². The fraction of sp³-hybridized carbons (Fsp3) is 0.412. The van der Waals surface area contributed by atoms with Gasteiger partial charge in [0.25, 0.3) is 5.91 Å². The molecule has 0 spiro atoms. The Morgan fingerprint density at radius 2 is 2.14 bits per heavy atom. The van der Waals surface area contributed by atoms with Gasteiger partial charge in [-0.2, -0.15) is 0 Å². The predicted octanol–water partition coefficient (Wildman–Crippen LogP) is 2.53. The fourth-order valence-electron chi connectivity index (χ4n) is 3.05. The third-order valence-corrected chi connectivity index (χ3v) is 4.04. The van der Waals surface area contributed by atoms with E-state index in [1.54, 1.807) is 11.8 Å². The average Bonchev–Trinajstić information content (AvgIpc) is 2.44. The maximum Gasteiger partial charge on any atom is 0.254 e. The molecule has 1 saturated heterocycles. The fourth-order valence-corrected chi connectivity index (χ4v) is 3.05. The van der Waals surface area contributed by atoms with Gasteiger partial charge in [-0.1, -0.05) is 18.2 Å². The molecule has 1 aliphatic heterocycles. The molecule has 2 heterocycles. The van der Waals surface area contributed by atoms with Gasteiger partial charge >= 0.3 is 0 Å². The third kappa shape index (κ3) is 2.76. The molecule has 4 heteroatoms. The van der Waals surface area contributed by atoms with Crippen molar-refractivity contribution in [2.45, 2.75) is 32.3 Å². The molecule has 1 aromatic heterocycles. The van der Waals surface area contributed by atoms with Gasteiger partial charge in [-0.25, -0.2) is 0 Å². The molecule has 1 N–H and O–H groups in total. The number of carbonyl (C=O) groups excluding carboxylic acids is 1. The number of fused-ring (bicyclic) bond motifs is 1. The number of benzene rings is 1. The van der Waals surface area contributed by atoms with Gasteiger partial charge in [-0.15, -0.1) is 0 Å². The summed E-state index contributed by atoms with van der Waals surface area (Å²) in [5, 5.41) is 11.1. The van der Waals surface area contributed by atoms with Gasteiger partial charge in [0.1, 0.15) is 0 Å². The summed E-state index contributed by atoms with van der Waals surface area (Å²) in [5.74, 6) is -0.0170. The largest absolute Gasteiger partial charge is 0.388 e. The first-order chi connectivity index (χ1) is 9.96. The molecule has 0 aliphatic carbocycles. The van der Waals surface area contributed by atoms with E-state index in [9.17, 15) is 9.90 Å². The lowest BCUT2D eigenvalue weighted by atomic mass is 9.94. The molecule has 110 valence electrons. The highest BCUT2D eigenvalue weighted by molar-refractivity contribution is 6.06. The summed E-state index contributed by atoms with van der Waals surface area (Å²) >= 11 is 0. The number of amides is 1. The first kappa shape index (κ1) is 14.0. The number of aromatic nitrogens is 1. The highest BCUT2D eigenvalue weighted by atomic mass is 16.3. The maximum atomic E-state index is 12.8. The number of hydrogen-bond acceptors (Lipinski definition) is 3. The van der Waals surface area contributed by atoms with E-state index >= 15 is 0 Å². The van der Waals surface area contributed by atoms with Gasteiger partial charge in [-0.3, -0.25) is 9.78 Å². The molecule has 1 aliphatic rings. The van der Waals surface area contributed by atoms with Crippen LogP contribution < -0.4 is 0 Å². The van der Waals surface area contributed by atoms with Crippen molar-refractivity contribution in [2.24, 2.45) is 0 Å². The Kier molecular flexibility index (Phi) is 3.41. The van der Waals surface area contributed by atoms with Gasteiger partial charge in [0.2, 0.25) is 0 Å². The Morgan fingerprint density at radius 1 is 1.38 bits per heavy atom. The lowest BCUT2D eigenvalue weighted by Gasteiger charge is -2.37. The van der Waals surface area contributed by atoms with Crippen LogP contribution in [0.5, 0.6) is 0 Å². The number of aliphatic hydroxyl groups is 1. The Bertz CT molecular complexity index is 694. The van der Waals surface area contributed by atoms with E-state index in [2.05, 4.69) is 4.98 Å². The highest BCUT2D eigenvalue weighted by Gasteiger charge is 2.31. The van der Waals surface area contributed by atoms with Crippen LogP contribution in [-0.4, -0.2) is 39.6 Å². The Morgan fingerprint density at radius 3 is 2.90 bits per heavy atom. The molecule has 0 saturated carbocycles. The summed E-state index contributed by atoms with van der Waals surface area (Å²) in [6, 6.07) is 9.54. The van der Waals surface area contributed by atoms with E-state index in [0.717, 1.165) is 29.4 Å². The number of rotatable bonds is 1. The molecule has 1 atom stereocenters. The SMILES string of the molecule is Cc1cc(C(=O)N2CCCC(C)(O)C2)c2ccccc2n1. The summed E-state index contributed by atoms with van der Waals surface area (Å²) in [4.78, 5) is 19.1. The number of likely N-dealkylation sites (tertiary alicyclic amines) is 1. The van der Waals surface area contributed by atoms with Crippen LogP contribution >= 0.6 is 0 Å². The molecule has 2 aromatic rings. The van der Waals surface area contributed by atoms with Crippen LogP contribution in [-0.2, 0) is 0 Å². The number of nitrogens with zero attached hydrogens (tertiary/aromatic N) is 2. The molecule has 0 radical (unpaired) electrons. The topological polar surface area (TPSA) is 53.4 Å². The summed E-state index contributed by atoms with van der Waals surface area (Å²) in [5.41, 5.74) is 1.56. The van der Waals surface area contributed by atoms with Crippen molar-refractivity contribution >= 4 is 16.8 Å². The van der Waals surface area contributed by atoms with Gasteiger partial charge in [0.15, 0.2) is 0 Å². The van der Waals surface area contributed by atoms with Gasteiger partial charge in [0, 0.05) is 24.2 Å². The molecule has 1 unspecified atom stereocenters. The first-order valence-electron chi connectivity index (χ1n) is 7.34. The zero-order chi connectivity index (χ0) is 15.0. The third-order valence-electron chi connectivity index (χ3n) is 4.04. The minimum atomic E-state index is -0.786. The van der Waals surface area contributed by atoms with E-state index in [1.165, 1.54) is 0 Å². The van der Waals surface area contributed by atoms with E-state index in [1.807, 2.05) is 37.3 Å². The number of carbonyl (C=O) groups is 1. The molecule has 1 fully saturated rings. The van der Waals surface area contributed by atoms with E-state index in [-0.39, 0.29) is 5.91 Å². The van der Waals surface area contributed by atoms with Crippen molar-refractivity contribution in [3.05, 3.63) is 41.6 Å². The standard InChI is InChI=1S/C17H20N2O2/c1-12-10-14(13-6-3-4-7-15(13)18-12)16(20)19-9-5-8-17(2,21)11-19/h3-4,6-7,10,21H,5,8-9,11H2,1-2H3. The van der Waals surface area contributed by atoms with Crippen molar-refractivity contribution in [3.8, 4) is 0 Å². The van der Waals surface area contributed by atoms with Crippen molar-refractivity contribution in [2.75, 3.05) is 13.1 Å². The first-order valence-corrected chi connectivity index (χ1v) is 7.34. The Hall–Kier alpha value is -1.94. The number of piperidine rings is 1. The maximum absolute atomic E-state index is 12.8. The number of aryl methyl sites for hydroxylation is 1. The quantitative estimate of drug-likeness (QED) is 0.875.